The molecule has 1 aliphatic rings. The van der Waals surface area contributed by atoms with E-state index in [9.17, 15) is 9.90 Å². The molecule has 0 atom stereocenters. The Labute approximate surface area is 119 Å². The van der Waals surface area contributed by atoms with Gasteiger partial charge in [-0.05, 0) is 31.0 Å². The predicted octanol–water partition coefficient (Wildman–Crippen LogP) is 1.70. The number of carbonyl (C=O) groups is 1. The van der Waals surface area contributed by atoms with Crippen LogP contribution in [0.4, 0.5) is 5.69 Å². The van der Waals surface area contributed by atoms with Crippen LogP contribution in [0.2, 0.25) is 0 Å². The second-order valence-corrected chi connectivity index (χ2v) is 5.42. The SMILES string of the molecule is COc1ccc(C(=O)NCC2(O)CCCCC2)cc1N. The monoisotopic (exact) mass is 278 g/mol. The molecule has 110 valence electrons. The number of methoxy groups -OCH3 is 1. The number of hydrogen-bond donors (Lipinski definition) is 3. The number of anilines is 1. The lowest BCUT2D eigenvalue weighted by Crippen LogP contribution is -2.44. The zero-order valence-corrected chi connectivity index (χ0v) is 11.8. The number of carbonyl (C=O) groups excluding carboxylic acids is 1. The Morgan fingerprint density at radius 1 is 1.40 bits per heavy atom. The third kappa shape index (κ3) is 3.42. The molecule has 1 fully saturated rings. The van der Waals surface area contributed by atoms with E-state index in [-0.39, 0.29) is 12.5 Å². The van der Waals surface area contributed by atoms with Gasteiger partial charge in [-0.25, -0.2) is 0 Å². The van der Waals surface area contributed by atoms with E-state index in [1.807, 2.05) is 0 Å². The highest BCUT2D eigenvalue weighted by atomic mass is 16.5. The molecule has 0 radical (unpaired) electrons. The van der Waals surface area contributed by atoms with Crippen LogP contribution in [-0.2, 0) is 0 Å². The van der Waals surface area contributed by atoms with Crippen molar-refractivity contribution in [3.8, 4) is 5.75 Å². The van der Waals surface area contributed by atoms with E-state index in [4.69, 9.17) is 10.5 Å². The maximum Gasteiger partial charge on any atom is 0.251 e. The molecule has 5 nitrogen and oxygen atoms in total. The molecule has 0 unspecified atom stereocenters. The lowest BCUT2D eigenvalue weighted by Gasteiger charge is -2.32. The molecule has 0 saturated heterocycles. The quantitative estimate of drug-likeness (QED) is 0.732. The molecule has 1 amide bonds. The first-order valence-electron chi connectivity index (χ1n) is 6.98. The van der Waals surface area contributed by atoms with E-state index >= 15 is 0 Å². The Hall–Kier alpha value is -1.75. The summed E-state index contributed by atoms with van der Waals surface area (Å²) in [6.45, 7) is 0.289. The molecular formula is C15H22N2O3. The molecular weight excluding hydrogens is 256 g/mol. The number of benzene rings is 1. The van der Waals surface area contributed by atoms with Crippen molar-refractivity contribution in [2.24, 2.45) is 0 Å². The minimum absolute atomic E-state index is 0.224. The van der Waals surface area contributed by atoms with Crippen LogP contribution in [0.25, 0.3) is 0 Å². The Morgan fingerprint density at radius 3 is 2.70 bits per heavy atom. The lowest BCUT2D eigenvalue weighted by molar-refractivity contribution is 0.00526. The summed E-state index contributed by atoms with van der Waals surface area (Å²) >= 11 is 0. The van der Waals surface area contributed by atoms with Crippen molar-refractivity contribution in [2.45, 2.75) is 37.7 Å². The van der Waals surface area contributed by atoms with Gasteiger partial charge in [-0.3, -0.25) is 4.79 Å². The van der Waals surface area contributed by atoms with Crippen LogP contribution in [0.1, 0.15) is 42.5 Å². The van der Waals surface area contributed by atoms with Crippen LogP contribution in [-0.4, -0.2) is 30.3 Å². The summed E-state index contributed by atoms with van der Waals surface area (Å²) in [6.07, 6.45) is 4.69. The average Bonchev–Trinajstić information content (AvgIpc) is 2.45. The van der Waals surface area contributed by atoms with Gasteiger partial charge < -0.3 is 20.9 Å². The van der Waals surface area contributed by atoms with Crippen LogP contribution < -0.4 is 15.8 Å². The fourth-order valence-electron chi connectivity index (χ4n) is 2.61. The summed E-state index contributed by atoms with van der Waals surface area (Å²) in [5.41, 5.74) is 5.92. The molecule has 1 aliphatic carbocycles. The number of nitrogens with one attached hydrogen (secondary N) is 1. The van der Waals surface area contributed by atoms with E-state index < -0.39 is 5.60 Å². The van der Waals surface area contributed by atoms with Gasteiger partial charge in [-0.15, -0.1) is 0 Å². The summed E-state index contributed by atoms with van der Waals surface area (Å²) < 4.78 is 5.05. The van der Waals surface area contributed by atoms with E-state index in [1.54, 1.807) is 18.2 Å². The number of nitrogen functional groups attached to an aromatic ring is 1. The number of rotatable bonds is 4. The molecule has 0 heterocycles. The number of aliphatic hydroxyl groups is 1. The topological polar surface area (TPSA) is 84.6 Å². The fraction of sp³-hybridized carbons (Fsp3) is 0.533. The normalized spacial score (nSPS) is 17.5. The molecule has 1 aromatic rings. The van der Waals surface area contributed by atoms with Crippen molar-refractivity contribution in [2.75, 3.05) is 19.4 Å². The first kappa shape index (κ1) is 14.7. The maximum absolute atomic E-state index is 12.1. The Balaban J connectivity index is 1.96. The molecule has 0 aliphatic heterocycles. The Kier molecular flexibility index (Phi) is 4.49. The predicted molar refractivity (Wildman–Crippen MR) is 77.8 cm³/mol. The van der Waals surface area contributed by atoms with Gasteiger partial charge in [0.1, 0.15) is 5.75 Å². The van der Waals surface area contributed by atoms with Crippen LogP contribution in [0, 0.1) is 0 Å². The van der Waals surface area contributed by atoms with Crippen molar-refractivity contribution in [3.63, 3.8) is 0 Å². The number of hydrogen-bond acceptors (Lipinski definition) is 4. The summed E-state index contributed by atoms with van der Waals surface area (Å²) in [5.74, 6) is 0.325. The number of amides is 1. The van der Waals surface area contributed by atoms with Crippen molar-refractivity contribution in [1.82, 2.24) is 5.32 Å². The van der Waals surface area contributed by atoms with Gasteiger partial charge in [0, 0.05) is 12.1 Å². The van der Waals surface area contributed by atoms with Crippen LogP contribution in [0.3, 0.4) is 0 Å². The highest BCUT2D eigenvalue weighted by Gasteiger charge is 2.29. The van der Waals surface area contributed by atoms with E-state index in [1.165, 1.54) is 7.11 Å². The summed E-state index contributed by atoms with van der Waals surface area (Å²) in [6, 6.07) is 4.91. The van der Waals surface area contributed by atoms with E-state index in [2.05, 4.69) is 5.32 Å². The summed E-state index contributed by atoms with van der Waals surface area (Å²) in [5, 5.41) is 13.1. The first-order valence-corrected chi connectivity index (χ1v) is 6.98. The van der Waals surface area contributed by atoms with Gasteiger partial charge in [-0.2, -0.15) is 0 Å². The standard InChI is InChI=1S/C15H22N2O3/c1-20-13-6-5-11(9-12(13)16)14(18)17-10-15(19)7-3-2-4-8-15/h5-6,9,19H,2-4,7-8,10,16H2,1H3,(H,17,18). The molecule has 4 N–H and O–H groups in total. The van der Waals surface area contributed by atoms with Gasteiger partial charge in [0.25, 0.3) is 5.91 Å². The van der Waals surface area contributed by atoms with Crippen LogP contribution >= 0.6 is 0 Å². The largest absolute Gasteiger partial charge is 0.495 e. The maximum atomic E-state index is 12.1. The third-order valence-electron chi connectivity index (χ3n) is 3.85. The second kappa shape index (κ2) is 6.13. The minimum atomic E-state index is -0.758. The van der Waals surface area contributed by atoms with E-state index in [0.29, 0.717) is 17.0 Å². The van der Waals surface area contributed by atoms with Gasteiger partial charge in [0.15, 0.2) is 0 Å². The smallest absolute Gasteiger partial charge is 0.251 e. The zero-order valence-electron chi connectivity index (χ0n) is 11.8. The van der Waals surface area contributed by atoms with Crippen LogP contribution in [0.5, 0.6) is 5.75 Å². The average molecular weight is 278 g/mol. The molecule has 1 saturated carbocycles. The molecule has 2 rings (SSSR count). The second-order valence-electron chi connectivity index (χ2n) is 5.42. The molecule has 0 aromatic heterocycles. The molecule has 0 spiro atoms. The van der Waals surface area contributed by atoms with Gasteiger partial charge in [0.05, 0.1) is 18.4 Å². The lowest BCUT2D eigenvalue weighted by atomic mass is 9.85. The van der Waals surface area contributed by atoms with Gasteiger partial charge >= 0.3 is 0 Å². The van der Waals surface area contributed by atoms with Gasteiger partial charge in [-0.1, -0.05) is 19.3 Å². The minimum Gasteiger partial charge on any atom is -0.495 e. The zero-order chi connectivity index (χ0) is 14.6. The highest BCUT2D eigenvalue weighted by molar-refractivity contribution is 5.95. The summed E-state index contributed by atoms with van der Waals surface area (Å²) in [7, 11) is 1.53. The van der Waals surface area contributed by atoms with Crippen molar-refractivity contribution in [3.05, 3.63) is 23.8 Å². The van der Waals surface area contributed by atoms with Crippen LogP contribution in [0.15, 0.2) is 18.2 Å². The van der Waals surface area contributed by atoms with Crippen molar-refractivity contribution < 1.29 is 14.6 Å². The number of nitrogens with two attached hydrogens (primary N) is 1. The van der Waals surface area contributed by atoms with Crippen molar-refractivity contribution >= 4 is 11.6 Å². The third-order valence-corrected chi connectivity index (χ3v) is 3.85. The van der Waals surface area contributed by atoms with Crippen molar-refractivity contribution in [1.29, 1.82) is 0 Å². The number of ether oxygens (including phenoxy) is 1. The Morgan fingerprint density at radius 2 is 2.10 bits per heavy atom. The highest BCUT2D eigenvalue weighted by Crippen LogP contribution is 2.27. The Bertz CT molecular complexity index is 482. The molecule has 20 heavy (non-hydrogen) atoms. The fourth-order valence-corrected chi connectivity index (χ4v) is 2.61. The van der Waals surface area contributed by atoms with Gasteiger partial charge in [0.2, 0.25) is 0 Å². The van der Waals surface area contributed by atoms with E-state index in [0.717, 1.165) is 32.1 Å². The summed E-state index contributed by atoms with van der Waals surface area (Å²) in [4.78, 5) is 12.1. The molecule has 1 aromatic carbocycles. The molecule has 0 bridgehead atoms. The first-order chi connectivity index (χ1) is 9.54. The molecule has 5 heteroatoms.